The molecule has 1 aromatic heterocycles. The van der Waals surface area contributed by atoms with Crippen LogP contribution in [0, 0.1) is 0 Å². The summed E-state index contributed by atoms with van der Waals surface area (Å²) in [6, 6.07) is -0.480. The lowest BCUT2D eigenvalue weighted by Gasteiger charge is -2.38. The summed E-state index contributed by atoms with van der Waals surface area (Å²) in [6.07, 6.45) is 1.50. The minimum Gasteiger partial charge on any atom is -0.339 e. The Bertz CT molecular complexity index is 500. The monoisotopic (exact) mass is 280 g/mol. The summed E-state index contributed by atoms with van der Waals surface area (Å²) in [5.74, 6) is 0.883. The van der Waals surface area contributed by atoms with Gasteiger partial charge < -0.3 is 14.3 Å². The highest BCUT2D eigenvalue weighted by atomic mass is 16.5. The Morgan fingerprint density at radius 2 is 2.10 bits per heavy atom. The number of hydrogen-bond donors (Lipinski definition) is 0. The van der Waals surface area contributed by atoms with Crippen molar-refractivity contribution >= 4 is 11.8 Å². The summed E-state index contributed by atoms with van der Waals surface area (Å²) in [5.41, 5.74) is 0. The molecule has 1 aliphatic heterocycles. The van der Waals surface area contributed by atoms with E-state index in [-0.39, 0.29) is 24.9 Å². The van der Waals surface area contributed by atoms with E-state index >= 15 is 0 Å². The summed E-state index contributed by atoms with van der Waals surface area (Å²) < 4.78 is 5.02. The second kappa shape index (κ2) is 6.02. The molecule has 0 aromatic carbocycles. The number of amides is 2. The van der Waals surface area contributed by atoms with Crippen LogP contribution in [-0.2, 0) is 22.6 Å². The summed E-state index contributed by atoms with van der Waals surface area (Å²) in [4.78, 5) is 31.6. The topological polar surface area (TPSA) is 79.5 Å². The van der Waals surface area contributed by atoms with E-state index in [1.807, 2.05) is 13.8 Å². The van der Waals surface area contributed by atoms with Crippen molar-refractivity contribution in [2.24, 2.45) is 0 Å². The molecule has 0 spiro atoms. The number of aryl methyl sites for hydroxylation is 1. The van der Waals surface area contributed by atoms with Crippen LogP contribution in [-0.4, -0.2) is 50.9 Å². The van der Waals surface area contributed by atoms with Gasteiger partial charge in [0.2, 0.25) is 17.7 Å². The second-order valence-electron chi connectivity index (χ2n) is 4.92. The van der Waals surface area contributed by atoms with Gasteiger partial charge in [0.15, 0.2) is 5.82 Å². The standard InChI is InChI=1S/C13H20N4O3/c1-4-6-16-8-12(18)17(9(3)13(16)19)7-10-14-11(5-2)20-15-10/h9H,4-8H2,1-3H3/t9-/m1/s1. The fourth-order valence-corrected chi connectivity index (χ4v) is 2.28. The van der Waals surface area contributed by atoms with Crippen LogP contribution in [0.25, 0.3) is 0 Å². The summed E-state index contributed by atoms with van der Waals surface area (Å²) >= 11 is 0. The summed E-state index contributed by atoms with van der Waals surface area (Å²) in [6.45, 7) is 6.61. The van der Waals surface area contributed by atoms with Crippen LogP contribution in [0.5, 0.6) is 0 Å². The lowest BCUT2D eigenvalue weighted by atomic mass is 10.1. The highest BCUT2D eigenvalue weighted by Crippen LogP contribution is 2.15. The van der Waals surface area contributed by atoms with Crippen LogP contribution >= 0.6 is 0 Å². The number of hydrogen-bond acceptors (Lipinski definition) is 5. The van der Waals surface area contributed by atoms with Gasteiger partial charge in [-0.2, -0.15) is 4.98 Å². The lowest BCUT2D eigenvalue weighted by Crippen LogP contribution is -2.58. The first-order valence-electron chi connectivity index (χ1n) is 6.96. The molecule has 1 aromatic rings. The Morgan fingerprint density at radius 1 is 1.35 bits per heavy atom. The number of carbonyl (C=O) groups excluding carboxylic acids is 2. The molecule has 0 bridgehead atoms. The van der Waals surface area contributed by atoms with E-state index in [4.69, 9.17) is 4.52 Å². The molecule has 2 heterocycles. The molecule has 2 rings (SSSR count). The van der Waals surface area contributed by atoms with Crippen LogP contribution in [0.15, 0.2) is 4.52 Å². The largest absolute Gasteiger partial charge is 0.339 e. The third-order valence-electron chi connectivity index (χ3n) is 3.40. The number of piperazine rings is 1. The predicted molar refractivity (Wildman–Crippen MR) is 70.6 cm³/mol. The minimum absolute atomic E-state index is 0.0225. The zero-order valence-electron chi connectivity index (χ0n) is 12.1. The van der Waals surface area contributed by atoms with Gasteiger partial charge in [0, 0.05) is 13.0 Å². The predicted octanol–water partition coefficient (Wildman–Crippen LogP) is 0.601. The smallest absolute Gasteiger partial charge is 0.245 e. The zero-order valence-corrected chi connectivity index (χ0v) is 12.1. The number of rotatable bonds is 5. The van der Waals surface area contributed by atoms with E-state index in [9.17, 15) is 9.59 Å². The Labute approximate surface area is 117 Å². The van der Waals surface area contributed by atoms with Gasteiger partial charge in [-0.25, -0.2) is 0 Å². The van der Waals surface area contributed by atoms with Gasteiger partial charge in [0.05, 0.1) is 13.1 Å². The van der Waals surface area contributed by atoms with Crippen molar-refractivity contribution in [3.05, 3.63) is 11.7 Å². The van der Waals surface area contributed by atoms with Gasteiger partial charge in [-0.1, -0.05) is 19.0 Å². The van der Waals surface area contributed by atoms with Crippen molar-refractivity contribution in [3.63, 3.8) is 0 Å². The molecule has 7 heteroatoms. The van der Waals surface area contributed by atoms with Gasteiger partial charge in [-0.3, -0.25) is 9.59 Å². The normalized spacial score (nSPS) is 19.9. The van der Waals surface area contributed by atoms with E-state index in [1.165, 1.54) is 4.90 Å². The Morgan fingerprint density at radius 3 is 2.70 bits per heavy atom. The third-order valence-corrected chi connectivity index (χ3v) is 3.40. The van der Waals surface area contributed by atoms with Crippen LogP contribution in [0.1, 0.15) is 38.9 Å². The lowest BCUT2D eigenvalue weighted by molar-refractivity contribution is -0.155. The number of carbonyl (C=O) groups is 2. The van der Waals surface area contributed by atoms with E-state index in [0.29, 0.717) is 24.7 Å². The average molecular weight is 280 g/mol. The van der Waals surface area contributed by atoms with Gasteiger partial charge in [0.25, 0.3) is 0 Å². The maximum atomic E-state index is 12.2. The zero-order chi connectivity index (χ0) is 14.7. The molecular formula is C13H20N4O3. The first-order chi connectivity index (χ1) is 9.56. The van der Waals surface area contributed by atoms with Crippen LogP contribution in [0.3, 0.4) is 0 Å². The Hall–Kier alpha value is -1.92. The van der Waals surface area contributed by atoms with Crippen molar-refractivity contribution in [1.29, 1.82) is 0 Å². The van der Waals surface area contributed by atoms with Crippen molar-refractivity contribution in [1.82, 2.24) is 19.9 Å². The number of nitrogens with zero attached hydrogens (tertiary/aromatic N) is 4. The summed E-state index contributed by atoms with van der Waals surface area (Å²) in [5, 5.41) is 3.83. The van der Waals surface area contributed by atoms with Crippen LogP contribution in [0.2, 0.25) is 0 Å². The molecule has 20 heavy (non-hydrogen) atoms. The van der Waals surface area contributed by atoms with Crippen LogP contribution in [0.4, 0.5) is 0 Å². The van der Waals surface area contributed by atoms with Gasteiger partial charge >= 0.3 is 0 Å². The first-order valence-corrected chi connectivity index (χ1v) is 6.96. The molecule has 0 saturated carbocycles. The first kappa shape index (κ1) is 14.5. The maximum absolute atomic E-state index is 12.2. The number of aromatic nitrogens is 2. The Kier molecular flexibility index (Phi) is 4.36. The SMILES string of the molecule is CCCN1CC(=O)N(Cc2noc(CC)n2)[C@H](C)C1=O. The maximum Gasteiger partial charge on any atom is 0.245 e. The molecule has 1 aliphatic rings. The van der Waals surface area contributed by atoms with E-state index in [1.54, 1.807) is 11.8 Å². The average Bonchev–Trinajstić information content (AvgIpc) is 2.89. The molecule has 110 valence electrons. The molecule has 0 aliphatic carbocycles. The molecule has 1 saturated heterocycles. The van der Waals surface area contributed by atoms with Gasteiger partial charge in [-0.05, 0) is 13.3 Å². The molecule has 0 radical (unpaired) electrons. The van der Waals surface area contributed by atoms with E-state index < -0.39 is 6.04 Å². The van der Waals surface area contributed by atoms with Crippen LogP contribution < -0.4 is 0 Å². The van der Waals surface area contributed by atoms with Crippen molar-refractivity contribution in [2.75, 3.05) is 13.1 Å². The van der Waals surface area contributed by atoms with Gasteiger partial charge in [0.1, 0.15) is 6.04 Å². The fourth-order valence-electron chi connectivity index (χ4n) is 2.28. The van der Waals surface area contributed by atoms with Gasteiger partial charge in [-0.15, -0.1) is 0 Å². The molecule has 1 fully saturated rings. The molecule has 1 atom stereocenters. The van der Waals surface area contributed by atoms with Crippen molar-refractivity contribution in [3.8, 4) is 0 Å². The molecule has 2 amide bonds. The minimum atomic E-state index is -0.480. The van der Waals surface area contributed by atoms with Crippen molar-refractivity contribution in [2.45, 2.75) is 46.2 Å². The third kappa shape index (κ3) is 2.81. The molecule has 0 unspecified atom stereocenters. The summed E-state index contributed by atoms with van der Waals surface area (Å²) in [7, 11) is 0. The molecule has 0 N–H and O–H groups in total. The Balaban J connectivity index is 2.08. The highest BCUT2D eigenvalue weighted by molar-refractivity contribution is 5.94. The quantitative estimate of drug-likeness (QED) is 0.789. The van der Waals surface area contributed by atoms with E-state index in [0.717, 1.165) is 6.42 Å². The molecule has 7 nitrogen and oxygen atoms in total. The van der Waals surface area contributed by atoms with E-state index in [2.05, 4.69) is 10.1 Å². The van der Waals surface area contributed by atoms with Crippen molar-refractivity contribution < 1.29 is 14.1 Å². The fraction of sp³-hybridized carbons (Fsp3) is 0.692. The molecular weight excluding hydrogens is 260 g/mol. The second-order valence-corrected chi connectivity index (χ2v) is 4.92. The highest BCUT2D eigenvalue weighted by Gasteiger charge is 2.36.